The summed E-state index contributed by atoms with van der Waals surface area (Å²) in [6, 6.07) is 11.8. The third-order valence-electron chi connectivity index (χ3n) is 2.51. The van der Waals surface area contributed by atoms with Crippen LogP contribution in [0, 0.1) is 0 Å². The summed E-state index contributed by atoms with van der Waals surface area (Å²) in [5, 5.41) is 11.5. The summed E-state index contributed by atoms with van der Waals surface area (Å²) in [5.74, 6) is 0.844. The molecule has 2 aromatic heterocycles. The monoisotopic (exact) mass is 225 g/mol. The van der Waals surface area contributed by atoms with Gasteiger partial charge in [0.05, 0.1) is 6.54 Å². The Hall–Kier alpha value is -2.43. The second-order valence-corrected chi connectivity index (χ2v) is 3.64. The largest absolute Gasteiger partial charge is 0.378 e. The second kappa shape index (κ2) is 4.21. The quantitative estimate of drug-likeness (QED) is 0.737. The smallest absolute Gasteiger partial charge is 0.163 e. The molecule has 0 radical (unpaired) electrons. The fourth-order valence-electron chi connectivity index (χ4n) is 1.65. The number of fused-ring (bicyclic) bond motifs is 1. The molecule has 0 aliphatic heterocycles. The molecule has 0 unspecified atom stereocenters. The van der Waals surface area contributed by atoms with Gasteiger partial charge in [-0.15, -0.1) is 10.2 Å². The summed E-state index contributed by atoms with van der Waals surface area (Å²) < 4.78 is 1.87. The summed E-state index contributed by atoms with van der Waals surface area (Å²) in [6.45, 7) is 0.622. The Balaban J connectivity index is 1.82. The molecule has 5 nitrogen and oxygen atoms in total. The Kier molecular flexibility index (Phi) is 2.42. The molecule has 3 rings (SSSR count). The molecule has 3 aromatic rings. The van der Waals surface area contributed by atoms with E-state index in [1.165, 1.54) is 0 Å². The van der Waals surface area contributed by atoms with Crippen LogP contribution in [0.5, 0.6) is 0 Å². The van der Waals surface area contributed by atoms with E-state index in [2.05, 4.69) is 20.5 Å². The van der Waals surface area contributed by atoms with Crippen molar-refractivity contribution in [3.05, 3.63) is 54.7 Å². The molecule has 0 amide bonds. The van der Waals surface area contributed by atoms with Crippen molar-refractivity contribution in [2.75, 3.05) is 5.32 Å². The SMILES string of the molecule is c1ccc(NCc2nnc3ccncn23)cc1. The van der Waals surface area contributed by atoms with Crippen molar-refractivity contribution < 1.29 is 0 Å². The first-order valence-corrected chi connectivity index (χ1v) is 5.36. The Bertz CT molecular complexity index is 617. The molecular formula is C12H11N5. The number of nitrogens with one attached hydrogen (secondary N) is 1. The van der Waals surface area contributed by atoms with E-state index in [0.717, 1.165) is 17.2 Å². The van der Waals surface area contributed by atoms with E-state index >= 15 is 0 Å². The van der Waals surface area contributed by atoms with Gasteiger partial charge >= 0.3 is 0 Å². The number of aromatic nitrogens is 4. The minimum atomic E-state index is 0.622. The van der Waals surface area contributed by atoms with Crippen LogP contribution in [-0.4, -0.2) is 19.6 Å². The summed E-state index contributed by atoms with van der Waals surface area (Å²) in [7, 11) is 0. The van der Waals surface area contributed by atoms with Crippen molar-refractivity contribution in [2.24, 2.45) is 0 Å². The Morgan fingerprint density at radius 2 is 1.94 bits per heavy atom. The minimum absolute atomic E-state index is 0.622. The van der Waals surface area contributed by atoms with E-state index < -0.39 is 0 Å². The van der Waals surface area contributed by atoms with Crippen LogP contribution < -0.4 is 5.32 Å². The molecule has 0 saturated carbocycles. The van der Waals surface area contributed by atoms with Crippen molar-refractivity contribution in [1.29, 1.82) is 0 Å². The summed E-state index contributed by atoms with van der Waals surface area (Å²) in [6.07, 6.45) is 3.43. The van der Waals surface area contributed by atoms with Crippen molar-refractivity contribution in [3.8, 4) is 0 Å². The molecule has 84 valence electrons. The molecule has 0 aliphatic rings. The van der Waals surface area contributed by atoms with Crippen LogP contribution in [0.25, 0.3) is 5.65 Å². The maximum Gasteiger partial charge on any atom is 0.163 e. The summed E-state index contributed by atoms with van der Waals surface area (Å²) in [5.41, 5.74) is 1.87. The lowest BCUT2D eigenvalue weighted by molar-refractivity contribution is 0.904. The molecule has 0 aliphatic carbocycles. The fraction of sp³-hybridized carbons (Fsp3) is 0.0833. The zero-order valence-corrected chi connectivity index (χ0v) is 9.11. The Morgan fingerprint density at radius 1 is 1.06 bits per heavy atom. The predicted molar refractivity (Wildman–Crippen MR) is 64.6 cm³/mol. The first-order chi connectivity index (χ1) is 8.43. The molecule has 0 fully saturated rings. The molecule has 1 aromatic carbocycles. The summed E-state index contributed by atoms with van der Waals surface area (Å²) in [4.78, 5) is 4.06. The number of rotatable bonds is 3. The topological polar surface area (TPSA) is 55.1 Å². The zero-order chi connectivity index (χ0) is 11.5. The second-order valence-electron chi connectivity index (χ2n) is 3.64. The van der Waals surface area contributed by atoms with Crippen LogP contribution in [0.15, 0.2) is 48.9 Å². The van der Waals surface area contributed by atoms with Crippen LogP contribution in [0.2, 0.25) is 0 Å². The molecule has 0 atom stereocenters. The van der Waals surface area contributed by atoms with Gasteiger partial charge in [0.25, 0.3) is 0 Å². The van der Waals surface area contributed by atoms with Crippen LogP contribution in [0.3, 0.4) is 0 Å². The highest BCUT2D eigenvalue weighted by Gasteiger charge is 2.03. The number of benzene rings is 1. The first kappa shape index (κ1) is 9.77. The van der Waals surface area contributed by atoms with Crippen LogP contribution in [0.4, 0.5) is 5.69 Å². The van der Waals surface area contributed by atoms with E-state index in [9.17, 15) is 0 Å². The van der Waals surface area contributed by atoms with E-state index in [-0.39, 0.29) is 0 Å². The first-order valence-electron chi connectivity index (χ1n) is 5.36. The van der Waals surface area contributed by atoms with Crippen molar-refractivity contribution in [3.63, 3.8) is 0 Å². The zero-order valence-electron chi connectivity index (χ0n) is 9.11. The van der Waals surface area contributed by atoms with Gasteiger partial charge in [-0.25, -0.2) is 4.98 Å². The number of anilines is 1. The molecule has 5 heteroatoms. The van der Waals surface area contributed by atoms with Gasteiger partial charge in [0, 0.05) is 18.0 Å². The van der Waals surface area contributed by atoms with Gasteiger partial charge in [0.2, 0.25) is 0 Å². The summed E-state index contributed by atoms with van der Waals surface area (Å²) >= 11 is 0. The van der Waals surface area contributed by atoms with E-state index in [0.29, 0.717) is 6.54 Å². The van der Waals surface area contributed by atoms with E-state index in [1.54, 1.807) is 12.5 Å². The Morgan fingerprint density at radius 3 is 2.82 bits per heavy atom. The highest BCUT2D eigenvalue weighted by Crippen LogP contribution is 2.07. The molecule has 17 heavy (non-hydrogen) atoms. The molecule has 1 N–H and O–H groups in total. The lowest BCUT2D eigenvalue weighted by atomic mass is 10.3. The van der Waals surface area contributed by atoms with Crippen LogP contribution >= 0.6 is 0 Å². The third-order valence-corrected chi connectivity index (χ3v) is 2.51. The predicted octanol–water partition coefficient (Wildman–Crippen LogP) is 1.74. The third kappa shape index (κ3) is 1.94. The maximum atomic E-state index is 4.12. The van der Waals surface area contributed by atoms with Gasteiger partial charge in [-0.3, -0.25) is 4.40 Å². The van der Waals surface area contributed by atoms with E-state index in [1.807, 2.05) is 40.8 Å². The van der Waals surface area contributed by atoms with Gasteiger partial charge in [-0.05, 0) is 12.1 Å². The lowest BCUT2D eigenvalue weighted by Crippen LogP contribution is -2.04. The molecule has 2 heterocycles. The molecule has 0 bridgehead atoms. The van der Waals surface area contributed by atoms with Crippen molar-refractivity contribution in [1.82, 2.24) is 19.6 Å². The molecule has 0 saturated heterocycles. The maximum absolute atomic E-state index is 4.12. The highest BCUT2D eigenvalue weighted by atomic mass is 15.3. The minimum Gasteiger partial charge on any atom is -0.378 e. The van der Waals surface area contributed by atoms with Gasteiger partial charge in [-0.1, -0.05) is 18.2 Å². The normalized spacial score (nSPS) is 10.6. The Labute approximate surface area is 98.1 Å². The van der Waals surface area contributed by atoms with Crippen LogP contribution in [0.1, 0.15) is 5.82 Å². The van der Waals surface area contributed by atoms with Crippen molar-refractivity contribution in [2.45, 2.75) is 6.54 Å². The molecular weight excluding hydrogens is 214 g/mol. The number of nitrogens with zero attached hydrogens (tertiary/aromatic N) is 4. The average molecular weight is 225 g/mol. The van der Waals surface area contributed by atoms with Gasteiger partial charge in [0.1, 0.15) is 6.33 Å². The average Bonchev–Trinajstić information content (AvgIpc) is 2.81. The number of para-hydroxylation sites is 1. The van der Waals surface area contributed by atoms with Gasteiger partial charge < -0.3 is 5.32 Å². The lowest BCUT2D eigenvalue weighted by Gasteiger charge is -2.04. The van der Waals surface area contributed by atoms with E-state index in [4.69, 9.17) is 0 Å². The fourth-order valence-corrected chi connectivity index (χ4v) is 1.65. The highest BCUT2D eigenvalue weighted by molar-refractivity contribution is 5.43. The number of hydrogen-bond donors (Lipinski definition) is 1. The number of hydrogen-bond acceptors (Lipinski definition) is 4. The molecule has 0 spiro atoms. The van der Waals surface area contributed by atoms with Crippen molar-refractivity contribution >= 4 is 11.3 Å². The standard InChI is InChI=1S/C12H11N5/c1-2-4-10(5-3-1)14-8-12-16-15-11-6-7-13-9-17(11)12/h1-7,9,14H,8H2. The van der Waals surface area contributed by atoms with Gasteiger partial charge in [-0.2, -0.15) is 0 Å². The van der Waals surface area contributed by atoms with Crippen LogP contribution in [-0.2, 0) is 6.54 Å². The van der Waals surface area contributed by atoms with Gasteiger partial charge in [0.15, 0.2) is 11.5 Å².